The van der Waals surface area contributed by atoms with E-state index in [1.165, 1.54) is 19.3 Å². The van der Waals surface area contributed by atoms with Gasteiger partial charge in [-0.05, 0) is 52.5 Å². The third-order valence-electron chi connectivity index (χ3n) is 3.93. The van der Waals surface area contributed by atoms with Gasteiger partial charge in [0, 0.05) is 12.1 Å². The minimum Gasteiger partial charge on any atom is -0.393 e. The van der Waals surface area contributed by atoms with Crippen LogP contribution in [0.1, 0.15) is 52.9 Å². The maximum absolute atomic E-state index is 9.77. The van der Waals surface area contributed by atoms with E-state index < -0.39 is 0 Å². The van der Waals surface area contributed by atoms with Crippen molar-refractivity contribution in [2.45, 2.75) is 71.1 Å². The van der Waals surface area contributed by atoms with Gasteiger partial charge in [-0.25, -0.2) is 0 Å². The molecule has 1 aliphatic carbocycles. The van der Waals surface area contributed by atoms with Gasteiger partial charge in [0.05, 0.1) is 6.10 Å². The Morgan fingerprint density at radius 3 is 2.53 bits per heavy atom. The summed E-state index contributed by atoms with van der Waals surface area (Å²) in [5, 5.41) is 9.77. The molecule has 1 aliphatic rings. The first-order valence-electron chi connectivity index (χ1n) is 6.46. The number of hydrogen-bond acceptors (Lipinski definition) is 2. The number of hydrogen-bond donors (Lipinski definition) is 1. The predicted molar refractivity (Wildman–Crippen MR) is 64.9 cm³/mol. The molecule has 0 aromatic carbocycles. The van der Waals surface area contributed by atoms with Crippen LogP contribution >= 0.6 is 0 Å². The number of aliphatic hydroxyl groups is 1. The summed E-state index contributed by atoms with van der Waals surface area (Å²) in [4.78, 5) is 2.45. The predicted octanol–water partition coefficient (Wildman–Crippen LogP) is 2.66. The first-order chi connectivity index (χ1) is 7.06. The third-order valence-corrected chi connectivity index (χ3v) is 3.93. The fourth-order valence-electron chi connectivity index (χ4n) is 2.78. The Morgan fingerprint density at radius 1 is 1.33 bits per heavy atom. The first kappa shape index (κ1) is 13.0. The van der Waals surface area contributed by atoms with Gasteiger partial charge in [-0.2, -0.15) is 0 Å². The summed E-state index contributed by atoms with van der Waals surface area (Å²) in [5.74, 6) is 0.797. The smallest absolute Gasteiger partial charge is 0.0555 e. The Balaban J connectivity index is 2.60. The zero-order chi connectivity index (χ0) is 11.4. The summed E-state index contributed by atoms with van der Waals surface area (Å²) >= 11 is 0. The van der Waals surface area contributed by atoms with Crippen LogP contribution in [0, 0.1) is 5.92 Å². The van der Waals surface area contributed by atoms with Gasteiger partial charge in [0.25, 0.3) is 0 Å². The highest BCUT2D eigenvalue weighted by atomic mass is 16.3. The monoisotopic (exact) mass is 213 g/mol. The van der Waals surface area contributed by atoms with Gasteiger partial charge in [0.2, 0.25) is 0 Å². The lowest BCUT2D eigenvalue weighted by Crippen LogP contribution is -2.46. The lowest BCUT2D eigenvalue weighted by atomic mass is 9.79. The van der Waals surface area contributed by atoms with E-state index in [4.69, 9.17) is 0 Å². The summed E-state index contributed by atoms with van der Waals surface area (Å²) in [5.41, 5.74) is 0. The molecule has 0 saturated heterocycles. The van der Waals surface area contributed by atoms with E-state index in [-0.39, 0.29) is 6.10 Å². The fourth-order valence-corrected chi connectivity index (χ4v) is 2.78. The van der Waals surface area contributed by atoms with E-state index in [0.717, 1.165) is 18.8 Å². The second-order valence-corrected chi connectivity index (χ2v) is 5.34. The maximum Gasteiger partial charge on any atom is 0.0555 e. The van der Waals surface area contributed by atoms with Crippen molar-refractivity contribution in [3.8, 4) is 0 Å². The number of aliphatic hydroxyl groups excluding tert-OH is 1. The van der Waals surface area contributed by atoms with Crippen LogP contribution in [0.15, 0.2) is 0 Å². The molecule has 0 amide bonds. The molecule has 90 valence electrons. The highest BCUT2D eigenvalue weighted by Crippen LogP contribution is 2.32. The minimum absolute atomic E-state index is 0.0655. The average molecular weight is 213 g/mol. The Bertz CT molecular complexity index is 181. The molecule has 1 rings (SSSR count). The van der Waals surface area contributed by atoms with Gasteiger partial charge in [-0.1, -0.05) is 13.3 Å². The molecule has 3 unspecified atom stereocenters. The van der Waals surface area contributed by atoms with Gasteiger partial charge in [0.15, 0.2) is 0 Å². The van der Waals surface area contributed by atoms with Crippen molar-refractivity contribution in [2.24, 2.45) is 5.92 Å². The lowest BCUT2D eigenvalue weighted by molar-refractivity contribution is 0.0232. The zero-order valence-electron chi connectivity index (χ0n) is 10.7. The van der Waals surface area contributed by atoms with Crippen molar-refractivity contribution >= 4 is 0 Å². The van der Waals surface area contributed by atoms with Crippen molar-refractivity contribution in [1.29, 1.82) is 0 Å². The topological polar surface area (TPSA) is 23.5 Å². The second kappa shape index (κ2) is 5.86. The average Bonchev–Trinajstić information content (AvgIpc) is 2.20. The minimum atomic E-state index is -0.0655. The Labute approximate surface area is 94.7 Å². The molecule has 1 saturated carbocycles. The van der Waals surface area contributed by atoms with Crippen LogP contribution in [0.3, 0.4) is 0 Å². The van der Waals surface area contributed by atoms with Gasteiger partial charge in [-0.3, -0.25) is 0 Å². The van der Waals surface area contributed by atoms with Crippen LogP contribution in [0.2, 0.25) is 0 Å². The molecule has 0 radical (unpaired) electrons. The van der Waals surface area contributed by atoms with Crippen LogP contribution in [0.5, 0.6) is 0 Å². The molecule has 2 heteroatoms. The number of nitrogens with zero attached hydrogens (tertiary/aromatic N) is 1. The van der Waals surface area contributed by atoms with E-state index in [9.17, 15) is 5.11 Å². The van der Waals surface area contributed by atoms with Crippen LogP contribution in [-0.4, -0.2) is 35.2 Å². The molecule has 0 heterocycles. The Hall–Kier alpha value is -0.0800. The molecule has 0 aromatic rings. The van der Waals surface area contributed by atoms with Crippen LogP contribution in [0.4, 0.5) is 0 Å². The van der Waals surface area contributed by atoms with Crippen molar-refractivity contribution < 1.29 is 5.11 Å². The van der Waals surface area contributed by atoms with Gasteiger partial charge >= 0.3 is 0 Å². The zero-order valence-corrected chi connectivity index (χ0v) is 10.7. The summed E-state index contributed by atoms with van der Waals surface area (Å²) < 4.78 is 0. The molecular formula is C13H27NO. The van der Waals surface area contributed by atoms with E-state index in [2.05, 4.69) is 32.7 Å². The van der Waals surface area contributed by atoms with Crippen molar-refractivity contribution in [2.75, 3.05) is 7.05 Å². The SMILES string of the molecule is CCCC1CCC(O)CC1N(C)C(C)C. The quantitative estimate of drug-likeness (QED) is 0.776. The number of rotatable bonds is 4. The Morgan fingerprint density at radius 2 is 2.00 bits per heavy atom. The molecular weight excluding hydrogens is 186 g/mol. The molecule has 0 aromatic heterocycles. The van der Waals surface area contributed by atoms with Gasteiger partial charge < -0.3 is 10.0 Å². The van der Waals surface area contributed by atoms with Gasteiger partial charge in [0.1, 0.15) is 0 Å². The molecule has 0 aliphatic heterocycles. The molecule has 1 fully saturated rings. The van der Waals surface area contributed by atoms with Crippen LogP contribution < -0.4 is 0 Å². The normalized spacial score (nSPS) is 32.6. The largest absolute Gasteiger partial charge is 0.393 e. The Kier molecular flexibility index (Phi) is 5.07. The van der Waals surface area contributed by atoms with E-state index in [0.29, 0.717) is 12.1 Å². The molecule has 0 bridgehead atoms. The van der Waals surface area contributed by atoms with E-state index in [1.807, 2.05) is 0 Å². The first-order valence-corrected chi connectivity index (χ1v) is 6.46. The van der Waals surface area contributed by atoms with Crippen molar-refractivity contribution in [3.05, 3.63) is 0 Å². The highest BCUT2D eigenvalue weighted by Gasteiger charge is 2.32. The van der Waals surface area contributed by atoms with E-state index in [1.54, 1.807) is 0 Å². The summed E-state index contributed by atoms with van der Waals surface area (Å²) in [6.45, 7) is 6.74. The van der Waals surface area contributed by atoms with Crippen LogP contribution in [0.25, 0.3) is 0 Å². The molecule has 3 atom stereocenters. The second-order valence-electron chi connectivity index (χ2n) is 5.34. The summed E-state index contributed by atoms with van der Waals surface area (Å²) in [6, 6.07) is 1.17. The van der Waals surface area contributed by atoms with Gasteiger partial charge in [-0.15, -0.1) is 0 Å². The van der Waals surface area contributed by atoms with Crippen molar-refractivity contribution in [1.82, 2.24) is 4.90 Å². The summed E-state index contributed by atoms with van der Waals surface area (Å²) in [6.07, 6.45) is 5.70. The standard InChI is InChI=1S/C13H27NO/c1-5-6-11-7-8-12(15)9-13(11)14(4)10(2)3/h10-13,15H,5-9H2,1-4H3. The lowest BCUT2D eigenvalue weighted by Gasteiger charge is -2.41. The summed E-state index contributed by atoms with van der Waals surface area (Å²) in [7, 11) is 2.20. The molecule has 2 nitrogen and oxygen atoms in total. The molecule has 0 spiro atoms. The third kappa shape index (κ3) is 3.46. The molecule has 15 heavy (non-hydrogen) atoms. The highest BCUT2D eigenvalue weighted by molar-refractivity contribution is 4.86. The van der Waals surface area contributed by atoms with Crippen molar-refractivity contribution in [3.63, 3.8) is 0 Å². The van der Waals surface area contributed by atoms with Crippen LogP contribution in [-0.2, 0) is 0 Å². The fraction of sp³-hybridized carbons (Fsp3) is 1.00. The molecule has 1 N–H and O–H groups in total. The van der Waals surface area contributed by atoms with E-state index >= 15 is 0 Å². The maximum atomic E-state index is 9.77.